The lowest BCUT2D eigenvalue weighted by atomic mass is 10.0. The lowest BCUT2D eigenvalue weighted by Crippen LogP contribution is -2.36. The summed E-state index contributed by atoms with van der Waals surface area (Å²) in [6, 6.07) is 6.48. The lowest BCUT2D eigenvalue weighted by Gasteiger charge is -2.22. The Kier molecular flexibility index (Phi) is 4.08. The molecule has 1 aromatic carbocycles. The third-order valence-electron chi connectivity index (χ3n) is 3.58. The van der Waals surface area contributed by atoms with E-state index in [2.05, 4.69) is 44.3 Å². The van der Waals surface area contributed by atoms with Gasteiger partial charge in [0.2, 0.25) is 0 Å². The fourth-order valence-electron chi connectivity index (χ4n) is 2.55. The number of aliphatic hydroxyl groups excluding tert-OH is 1. The van der Waals surface area contributed by atoms with Gasteiger partial charge in [-0.25, -0.2) is 0 Å². The third-order valence-corrected chi connectivity index (χ3v) is 3.58. The molecule has 0 aliphatic heterocycles. The zero-order valence-electron chi connectivity index (χ0n) is 11.8. The Morgan fingerprint density at radius 2 is 1.94 bits per heavy atom. The number of aliphatic hydroxyl groups is 1. The molecule has 2 N–H and O–H groups in total. The summed E-state index contributed by atoms with van der Waals surface area (Å²) >= 11 is 0. The minimum absolute atomic E-state index is 0.123. The van der Waals surface area contributed by atoms with Crippen LogP contribution in [0.1, 0.15) is 56.4 Å². The van der Waals surface area contributed by atoms with Crippen LogP contribution in [0.3, 0.4) is 0 Å². The molecule has 0 aromatic heterocycles. The van der Waals surface area contributed by atoms with E-state index in [1.54, 1.807) is 0 Å². The molecule has 0 radical (unpaired) electrons. The minimum Gasteiger partial charge on any atom is -0.388 e. The second-order valence-corrected chi connectivity index (χ2v) is 6.36. The quantitative estimate of drug-likeness (QED) is 0.857. The molecular weight excluding hydrogens is 222 g/mol. The van der Waals surface area contributed by atoms with E-state index < -0.39 is 0 Å². The maximum absolute atomic E-state index is 10.2. The molecule has 0 fully saturated rings. The highest BCUT2D eigenvalue weighted by atomic mass is 16.3. The number of rotatable bonds is 4. The van der Waals surface area contributed by atoms with Gasteiger partial charge in [0.05, 0.1) is 6.10 Å². The van der Waals surface area contributed by atoms with E-state index in [0.717, 1.165) is 18.5 Å². The Labute approximate surface area is 110 Å². The number of fused-ring (bicyclic) bond motifs is 1. The van der Waals surface area contributed by atoms with Crippen LogP contribution in [0.5, 0.6) is 0 Å². The van der Waals surface area contributed by atoms with Crippen molar-refractivity contribution in [1.29, 1.82) is 0 Å². The highest BCUT2D eigenvalue weighted by Gasteiger charge is 2.15. The molecular formula is C16H25NO. The zero-order chi connectivity index (χ0) is 13.2. The standard InChI is InChI=1S/C16H25NO/c1-16(2,3)17-10-9-15(18)14-8-7-12-5-4-6-13(12)11-14/h7-8,11,15,17-18H,4-6,9-10H2,1-3H3. The van der Waals surface area contributed by atoms with Crippen LogP contribution in [-0.2, 0) is 12.8 Å². The van der Waals surface area contributed by atoms with Gasteiger partial charge in [-0.1, -0.05) is 18.2 Å². The molecule has 0 heterocycles. The van der Waals surface area contributed by atoms with Gasteiger partial charge in [0.15, 0.2) is 0 Å². The zero-order valence-corrected chi connectivity index (χ0v) is 11.8. The molecule has 18 heavy (non-hydrogen) atoms. The van der Waals surface area contributed by atoms with Gasteiger partial charge in [-0.15, -0.1) is 0 Å². The molecule has 0 bridgehead atoms. The van der Waals surface area contributed by atoms with E-state index in [4.69, 9.17) is 0 Å². The van der Waals surface area contributed by atoms with Gasteiger partial charge in [-0.05, 0) is 69.7 Å². The van der Waals surface area contributed by atoms with Crippen molar-refractivity contribution in [2.45, 2.75) is 58.1 Å². The predicted octanol–water partition coefficient (Wildman–Crippen LogP) is 2.99. The van der Waals surface area contributed by atoms with Crippen molar-refractivity contribution in [2.24, 2.45) is 0 Å². The highest BCUT2D eigenvalue weighted by molar-refractivity contribution is 5.36. The Balaban J connectivity index is 1.91. The maximum atomic E-state index is 10.2. The van der Waals surface area contributed by atoms with Crippen LogP contribution in [0.2, 0.25) is 0 Å². The molecule has 2 heteroatoms. The van der Waals surface area contributed by atoms with Crippen molar-refractivity contribution >= 4 is 0 Å². The van der Waals surface area contributed by atoms with Gasteiger partial charge in [0.25, 0.3) is 0 Å². The van der Waals surface area contributed by atoms with Crippen molar-refractivity contribution < 1.29 is 5.11 Å². The van der Waals surface area contributed by atoms with Gasteiger partial charge in [-0.2, -0.15) is 0 Å². The minimum atomic E-state index is -0.342. The highest BCUT2D eigenvalue weighted by Crippen LogP contribution is 2.26. The van der Waals surface area contributed by atoms with Crippen LogP contribution in [0.4, 0.5) is 0 Å². The van der Waals surface area contributed by atoms with Gasteiger partial charge >= 0.3 is 0 Å². The van der Waals surface area contributed by atoms with Gasteiger partial charge in [0.1, 0.15) is 0 Å². The average molecular weight is 247 g/mol. The maximum Gasteiger partial charge on any atom is 0.0802 e. The SMILES string of the molecule is CC(C)(C)NCCC(O)c1ccc2c(c1)CCC2. The molecule has 1 aliphatic carbocycles. The molecule has 1 aliphatic rings. The van der Waals surface area contributed by atoms with Crippen molar-refractivity contribution in [2.75, 3.05) is 6.54 Å². The normalized spacial score (nSPS) is 16.7. The van der Waals surface area contributed by atoms with Crippen molar-refractivity contribution in [3.8, 4) is 0 Å². The van der Waals surface area contributed by atoms with E-state index in [1.165, 1.54) is 30.4 Å². The fraction of sp³-hybridized carbons (Fsp3) is 0.625. The predicted molar refractivity (Wildman–Crippen MR) is 75.8 cm³/mol. The first kappa shape index (κ1) is 13.6. The van der Waals surface area contributed by atoms with E-state index in [0.29, 0.717) is 0 Å². The number of aryl methyl sites for hydroxylation is 2. The molecule has 2 rings (SSSR count). The molecule has 100 valence electrons. The van der Waals surface area contributed by atoms with Crippen LogP contribution in [0, 0.1) is 0 Å². The molecule has 0 spiro atoms. The van der Waals surface area contributed by atoms with Crippen molar-refractivity contribution in [3.63, 3.8) is 0 Å². The summed E-state index contributed by atoms with van der Waals surface area (Å²) in [6.07, 6.45) is 4.08. The third kappa shape index (κ3) is 3.56. The second-order valence-electron chi connectivity index (χ2n) is 6.36. The molecule has 2 nitrogen and oxygen atoms in total. The monoisotopic (exact) mass is 247 g/mol. The van der Waals surface area contributed by atoms with E-state index >= 15 is 0 Å². The number of hydrogen-bond acceptors (Lipinski definition) is 2. The number of hydrogen-bond donors (Lipinski definition) is 2. The Morgan fingerprint density at radius 3 is 2.67 bits per heavy atom. The first-order chi connectivity index (χ1) is 8.46. The first-order valence-corrected chi connectivity index (χ1v) is 7.00. The summed E-state index contributed by atoms with van der Waals surface area (Å²) in [7, 11) is 0. The van der Waals surface area contributed by atoms with Gasteiger partial charge < -0.3 is 10.4 Å². The molecule has 1 aromatic rings. The smallest absolute Gasteiger partial charge is 0.0802 e. The summed E-state index contributed by atoms with van der Waals surface area (Å²) in [5.74, 6) is 0. The van der Waals surface area contributed by atoms with E-state index in [1.807, 2.05) is 0 Å². The summed E-state index contributed by atoms with van der Waals surface area (Å²) in [4.78, 5) is 0. The molecule has 0 saturated carbocycles. The van der Waals surface area contributed by atoms with E-state index in [-0.39, 0.29) is 11.6 Å². The fourth-order valence-corrected chi connectivity index (χ4v) is 2.55. The molecule has 1 atom stereocenters. The largest absolute Gasteiger partial charge is 0.388 e. The lowest BCUT2D eigenvalue weighted by molar-refractivity contribution is 0.163. The molecule has 0 saturated heterocycles. The Morgan fingerprint density at radius 1 is 1.22 bits per heavy atom. The van der Waals surface area contributed by atoms with Gasteiger partial charge in [-0.3, -0.25) is 0 Å². The van der Waals surface area contributed by atoms with Crippen molar-refractivity contribution in [1.82, 2.24) is 5.32 Å². The van der Waals surface area contributed by atoms with Crippen LogP contribution in [0.15, 0.2) is 18.2 Å². The average Bonchev–Trinajstić information content (AvgIpc) is 2.73. The molecule has 1 unspecified atom stereocenters. The van der Waals surface area contributed by atoms with Crippen LogP contribution in [-0.4, -0.2) is 17.2 Å². The number of nitrogens with one attached hydrogen (secondary N) is 1. The topological polar surface area (TPSA) is 32.3 Å². The van der Waals surface area contributed by atoms with Crippen molar-refractivity contribution in [3.05, 3.63) is 34.9 Å². The van der Waals surface area contributed by atoms with Crippen LogP contribution >= 0.6 is 0 Å². The Bertz CT molecular complexity index is 406. The summed E-state index contributed by atoms with van der Waals surface area (Å²) in [5.41, 5.74) is 4.11. The Hall–Kier alpha value is -0.860. The summed E-state index contributed by atoms with van der Waals surface area (Å²) < 4.78 is 0. The second kappa shape index (κ2) is 5.41. The molecule has 0 amide bonds. The van der Waals surface area contributed by atoms with E-state index in [9.17, 15) is 5.11 Å². The van der Waals surface area contributed by atoms with Crippen LogP contribution < -0.4 is 5.32 Å². The number of benzene rings is 1. The summed E-state index contributed by atoms with van der Waals surface area (Å²) in [6.45, 7) is 7.29. The van der Waals surface area contributed by atoms with Gasteiger partial charge in [0, 0.05) is 5.54 Å². The first-order valence-electron chi connectivity index (χ1n) is 7.00. The summed E-state index contributed by atoms with van der Waals surface area (Å²) in [5, 5.41) is 13.6. The van der Waals surface area contributed by atoms with Crippen LogP contribution in [0.25, 0.3) is 0 Å².